The van der Waals surface area contributed by atoms with Crippen molar-refractivity contribution < 1.29 is 29.0 Å². The van der Waals surface area contributed by atoms with E-state index in [0.717, 1.165) is 5.56 Å². The third-order valence-electron chi connectivity index (χ3n) is 4.17. The number of amides is 2. The Hall–Kier alpha value is -3.97. The number of benzene rings is 2. The summed E-state index contributed by atoms with van der Waals surface area (Å²) in [7, 11) is 0. The van der Waals surface area contributed by atoms with Crippen molar-refractivity contribution in [2.45, 2.75) is 32.0 Å². The summed E-state index contributed by atoms with van der Waals surface area (Å²) in [5.74, 6) is -1.16. The molecule has 0 unspecified atom stereocenters. The largest absolute Gasteiger partial charge is 0.508 e. The Kier molecular flexibility index (Phi) is 8.28. The Morgan fingerprint density at radius 3 is 2.37 bits per heavy atom. The van der Waals surface area contributed by atoms with Gasteiger partial charge in [-0.2, -0.15) is 4.79 Å². The SMILES string of the molecule is C[C@H](NC(=O)[C@H](Cc1ccc(O)cc1)NC(=O)OCc1ccccc1)C(=O)C=[N+]=[N-]. The minimum Gasteiger partial charge on any atom is -0.508 e. The summed E-state index contributed by atoms with van der Waals surface area (Å²) < 4.78 is 5.17. The number of hydrogen-bond acceptors (Lipinski definition) is 5. The van der Waals surface area contributed by atoms with Crippen LogP contribution in [0.1, 0.15) is 18.1 Å². The summed E-state index contributed by atoms with van der Waals surface area (Å²) in [6.07, 6.45) is -0.0167. The number of carbonyl (C=O) groups is 3. The molecule has 2 rings (SSSR count). The zero-order valence-electron chi connectivity index (χ0n) is 16.3. The minimum atomic E-state index is -1.04. The summed E-state index contributed by atoms with van der Waals surface area (Å²) in [6, 6.07) is 13.2. The number of phenolic OH excluding ortho intramolecular Hbond substituents is 1. The van der Waals surface area contributed by atoms with Crippen molar-refractivity contribution in [1.82, 2.24) is 10.6 Å². The van der Waals surface area contributed by atoms with Crippen LogP contribution in [-0.4, -0.2) is 46.0 Å². The zero-order chi connectivity index (χ0) is 21.9. The lowest BCUT2D eigenvalue weighted by molar-refractivity contribution is -0.127. The molecule has 0 saturated heterocycles. The van der Waals surface area contributed by atoms with E-state index in [1.165, 1.54) is 19.1 Å². The van der Waals surface area contributed by atoms with Gasteiger partial charge in [0.05, 0.1) is 6.04 Å². The molecule has 30 heavy (non-hydrogen) atoms. The molecule has 0 aliphatic rings. The molecule has 9 nitrogen and oxygen atoms in total. The van der Waals surface area contributed by atoms with Crippen molar-refractivity contribution in [3.05, 3.63) is 71.3 Å². The second-order valence-electron chi connectivity index (χ2n) is 6.51. The van der Waals surface area contributed by atoms with Crippen LogP contribution in [0, 0.1) is 0 Å². The molecule has 0 aliphatic carbocycles. The molecule has 156 valence electrons. The molecule has 9 heteroatoms. The van der Waals surface area contributed by atoms with Gasteiger partial charge < -0.3 is 26.0 Å². The Balaban J connectivity index is 2.06. The average molecular weight is 410 g/mol. The Morgan fingerprint density at radius 1 is 1.07 bits per heavy atom. The third kappa shape index (κ3) is 7.21. The van der Waals surface area contributed by atoms with Crippen LogP contribution in [0.2, 0.25) is 0 Å². The minimum absolute atomic E-state index is 0.0298. The summed E-state index contributed by atoms with van der Waals surface area (Å²) in [6.45, 7) is 1.45. The molecule has 2 aromatic carbocycles. The molecule has 0 fully saturated rings. The lowest BCUT2D eigenvalue weighted by Crippen LogP contribution is -2.52. The van der Waals surface area contributed by atoms with Crippen LogP contribution in [0.4, 0.5) is 4.79 Å². The van der Waals surface area contributed by atoms with E-state index in [1.807, 2.05) is 18.2 Å². The average Bonchev–Trinajstić information content (AvgIpc) is 2.74. The van der Waals surface area contributed by atoms with Gasteiger partial charge >= 0.3 is 12.3 Å². The molecular weight excluding hydrogens is 388 g/mol. The van der Waals surface area contributed by atoms with Gasteiger partial charge in [-0.15, -0.1) is 0 Å². The number of phenols is 1. The van der Waals surface area contributed by atoms with Crippen LogP contribution in [0.25, 0.3) is 5.53 Å². The van der Waals surface area contributed by atoms with Crippen LogP contribution >= 0.6 is 0 Å². The number of rotatable bonds is 9. The molecule has 0 spiro atoms. The number of nitrogens with one attached hydrogen (secondary N) is 2. The van der Waals surface area contributed by atoms with Gasteiger partial charge in [0.1, 0.15) is 18.4 Å². The lowest BCUT2D eigenvalue weighted by Gasteiger charge is -2.20. The van der Waals surface area contributed by atoms with Gasteiger partial charge in [-0.25, -0.2) is 4.79 Å². The van der Waals surface area contributed by atoms with E-state index < -0.39 is 29.9 Å². The van der Waals surface area contributed by atoms with Crippen LogP contribution < -0.4 is 10.6 Å². The number of ether oxygens (including phenoxy) is 1. The monoisotopic (exact) mass is 410 g/mol. The maximum absolute atomic E-state index is 12.7. The molecule has 0 aliphatic heterocycles. The van der Waals surface area contributed by atoms with Gasteiger partial charge in [-0.1, -0.05) is 42.5 Å². The van der Waals surface area contributed by atoms with Crippen molar-refractivity contribution in [2.75, 3.05) is 0 Å². The fourth-order valence-corrected chi connectivity index (χ4v) is 2.54. The number of carbonyl (C=O) groups excluding carboxylic acids is 3. The predicted molar refractivity (Wildman–Crippen MR) is 108 cm³/mol. The van der Waals surface area contributed by atoms with Gasteiger partial charge in [0.15, 0.2) is 0 Å². The molecule has 2 aromatic rings. The van der Waals surface area contributed by atoms with E-state index in [-0.39, 0.29) is 18.8 Å². The predicted octanol–water partition coefficient (Wildman–Crippen LogP) is 1.60. The maximum Gasteiger partial charge on any atom is 0.408 e. The number of aromatic hydroxyl groups is 1. The smallest absolute Gasteiger partial charge is 0.408 e. The van der Waals surface area contributed by atoms with E-state index in [0.29, 0.717) is 11.8 Å². The summed E-state index contributed by atoms with van der Waals surface area (Å²) in [4.78, 5) is 39.2. The van der Waals surface area contributed by atoms with E-state index in [9.17, 15) is 19.5 Å². The normalized spacial score (nSPS) is 12.0. The Morgan fingerprint density at radius 2 is 1.73 bits per heavy atom. The van der Waals surface area contributed by atoms with E-state index in [1.54, 1.807) is 24.3 Å². The fraction of sp³-hybridized carbons (Fsp3) is 0.238. The Bertz CT molecular complexity index is 924. The highest BCUT2D eigenvalue weighted by Crippen LogP contribution is 2.12. The first-order valence-corrected chi connectivity index (χ1v) is 9.16. The first kappa shape index (κ1) is 22.3. The van der Waals surface area contributed by atoms with Crippen LogP contribution in [0.3, 0.4) is 0 Å². The van der Waals surface area contributed by atoms with Crippen molar-refractivity contribution in [3.8, 4) is 5.75 Å². The van der Waals surface area contributed by atoms with Crippen molar-refractivity contribution in [2.24, 2.45) is 0 Å². The quantitative estimate of drug-likeness (QED) is 0.327. The van der Waals surface area contributed by atoms with E-state index in [4.69, 9.17) is 10.3 Å². The summed E-state index contributed by atoms with van der Waals surface area (Å²) in [5.41, 5.74) is 9.92. The van der Waals surface area contributed by atoms with Gasteiger partial charge in [0, 0.05) is 6.42 Å². The van der Waals surface area contributed by atoms with E-state index >= 15 is 0 Å². The highest BCUT2D eigenvalue weighted by molar-refractivity contribution is 6.28. The zero-order valence-corrected chi connectivity index (χ0v) is 16.3. The lowest BCUT2D eigenvalue weighted by atomic mass is 10.0. The van der Waals surface area contributed by atoms with Crippen LogP contribution in [-0.2, 0) is 27.4 Å². The Labute approximate surface area is 173 Å². The molecule has 3 N–H and O–H groups in total. The van der Waals surface area contributed by atoms with Gasteiger partial charge in [-0.05, 0) is 30.2 Å². The summed E-state index contributed by atoms with van der Waals surface area (Å²) in [5, 5.41) is 14.4. The molecule has 0 radical (unpaired) electrons. The van der Waals surface area contributed by atoms with E-state index in [2.05, 4.69) is 15.4 Å². The number of hydrogen-bond donors (Lipinski definition) is 3. The molecular formula is C21H22N4O5. The van der Waals surface area contributed by atoms with Crippen molar-refractivity contribution in [3.63, 3.8) is 0 Å². The van der Waals surface area contributed by atoms with Crippen LogP contribution in [0.5, 0.6) is 5.75 Å². The van der Waals surface area contributed by atoms with Gasteiger partial charge in [0.25, 0.3) is 5.78 Å². The van der Waals surface area contributed by atoms with Gasteiger partial charge in [0.2, 0.25) is 5.91 Å². The number of alkyl carbamates (subject to hydrolysis) is 1. The molecule has 0 heterocycles. The standard InChI is InChI=1S/C21H22N4O5/c1-14(19(27)12-23-22)24-20(28)18(11-15-7-9-17(26)10-8-15)25-21(29)30-13-16-5-3-2-4-6-16/h2-10,12,14,18,26H,11,13H2,1H3,(H,24,28)(H,25,29)/t14-,18-/m0/s1. The molecule has 0 aromatic heterocycles. The van der Waals surface area contributed by atoms with Gasteiger partial charge in [-0.3, -0.25) is 9.59 Å². The second-order valence-corrected chi connectivity index (χ2v) is 6.51. The summed E-state index contributed by atoms with van der Waals surface area (Å²) >= 11 is 0. The second kappa shape index (κ2) is 11.1. The van der Waals surface area contributed by atoms with Crippen molar-refractivity contribution in [1.29, 1.82) is 0 Å². The molecule has 2 atom stereocenters. The first-order valence-electron chi connectivity index (χ1n) is 9.16. The molecule has 0 bridgehead atoms. The fourth-order valence-electron chi connectivity index (χ4n) is 2.54. The maximum atomic E-state index is 12.7. The number of nitrogens with zero attached hydrogens (tertiary/aromatic N) is 2. The number of ketones is 1. The number of Topliss-reactive ketones (excluding diaryl/α,β-unsaturated/α-hetero) is 1. The topological polar surface area (TPSA) is 141 Å². The van der Waals surface area contributed by atoms with Crippen LogP contribution in [0.15, 0.2) is 54.6 Å². The highest BCUT2D eigenvalue weighted by Gasteiger charge is 2.26. The molecule has 2 amide bonds. The molecule has 0 saturated carbocycles. The first-order chi connectivity index (χ1) is 14.4. The highest BCUT2D eigenvalue weighted by atomic mass is 16.5. The third-order valence-corrected chi connectivity index (χ3v) is 4.17. The van der Waals surface area contributed by atoms with Crippen molar-refractivity contribution >= 4 is 24.0 Å².